The Labute approximate surface area is 133 Å². The van der Waals surface area contributed by atoms with Crippen LogP contribution in [0.2, 0.25) is 0 Å². The van der Waals surface area contributed by atoms with Crippen molar-refractivity contribution in [3.63, 3.8) is 0 Å². The van der Waals surface area contributed by atoms with Gasteiger partial charge in [-0.2, -0.15) is 0 Å². The molecule has 4 rings (SSSR count). The summed E-state index contributed by atoms with van der Waals surface area (Å²) in [6.45, 7) is 2.84. The van der Waals surface area contributed by atoms with Crippen LogP contribution in [0.5, 0.6) is 0 Å². The number of rotatable bonds is 3. The molecule has 0 amide bonds. The number of halogens is 1. The summed E-state index contributed by atoms with van der Waals surface area (Å²) in [7, 11) is 0. The van der Waals surface area contributed by atoms with Gasteiger partial charge in [0.25, 0.3) is 0 Å². The molecule has 0 fully saturated rings. The van der Waals surface area contributed by atoms with E-state index in [1.54, 1.807) is 6.33 Å². The molecule has 0 aliphatic heterocycles. The summed E-state index contributed by atoms with van der Waals surface area (Å²) in [5, 5.41) is 0. The van der Waals surface area contributed by atoms with Gasteiger partial charge in [0.05, 0.1) is 17.4 Å². The Hall–Kier alpha value is -2.88. The topological polar surface area (TPSA) is 33.6 Å². The second-order valence-corrected chi connectivity index (χ2v) is 5.71. The standard InChI is InChI=1S/C19H16FN3/c1-13-2-9-19(15-4-6-16(20)7-5-15)23(13)11-14-3-8-17-18(10-14)22-12-21-17/h2-10,12H,11H2,1H3,(H,21,22). The third-order valence-corrected chi connectivity index (χ3v) is 4.17. The molecule has 4 heteroatoms. The van der Waals surface area contributed by atoms with Crippen LogP contribution in [0.25, 0.3) is 22.3 Å². The number of aromatic nitrogens is 3. The highest BCUT2D eigenvalue weighted by molar-refractivity contribution is 5.75. The normalized spacial score (nSPS) is 11.2. The zero-order chi connectivity index (χ0) is 15.8. The minimum Gasteiger partial charge on any atom is -0.345 e. The largest absolute Gasteiger partial charge is 0.345 e. The molecule has 0 radical (unpaired) electrons. The Morgan fingerprint density at radius 2 is 1.87 bits per heavy atom. The molecule has 2 heterocycles. The molecule has 0 bridgehead atoms. The SMILES string of the molecule is Cc1ccc(-c2ccc(F)cc2)n1Cc1ccc2[nH]cnc2c1. The van der Waals surface area contributed by atoms with Crippen molar-refractivity contribution in [2.75, 3.05) is 0 Å². The highest BCUT2D eigenvalue weighted by Crippen LogP contribution is 2.24. The van der Waals surface area contributed by atoms with Crippen LogP contribution in [0.3, 0.4) is 0 Å². The van der Waals surface area contributed by atoms with E-state index in [-0.39, 0.29) is 5.82 Å². The number of imidazole rings is 1. The summed E-state index contributed by atoms with van der Waals surface area (Å²) in [4.78, 5) is 7.42. The average Bonchev–Trinajstić information content (AvgIpc) is 3.16. The van der Waals surface area contributed by atoms with Gasteiger partial charge in [0.15, 0.2) is 0 Å². The highest BCUT2D eigenvalue weighted by atomic mass is 19.1. The molecule has 4 aromatic rings. The van der Waals surface area contributed by atoms with Gasteiger partial charge in [-0.05, 0) is 66.6 Å². The summed E-state index contributed by atoms with van der Waals surface area (Å²) < 4.78 is 15.4. The van der Waals surface area contributed by atoms with Crippen LogP contribution in [0.4, 0.5) is 4.39 Å². The van der Waals surface area contributed by atoms with Crippen molar-refractivity contribution in [1.82, 2.24) is 14.5 Å². The lowest BCUT2D eigenvalue weighted by Crippen LogP contribution is -2.03. The van der Waals surface area contributed by atoms with E-state index in [9.17, 15) is 4.39 Å². The van der Waals surface area contributed by atoms with E-state index in [1.807, 2.05) is 18.2 Å². The van der Waals surface area contributed by atoms with Gasteiger partial charge < -0.3 is 9.55 Å². The average molecular weight is 305 g/mol. The summed E-state index contributed by atoms with van der Waals surface area (Å²) in [6.07, 6.45) is 1.71. The molecule has 2 aromatic heterocycles. The Morgan fingerprint density at radius 3 is 2.70 bits per heavy atom. The number of aryl methyl sites for hydroxylation is 1. The van der Waals surface area contributed by atoms with Gasteiger partial charge in [-0.25, -0.2) is 9.37 Å². The predicted octanol–water partition coefficient (Wildman–Crippen LogP) is 4.53. The molecule has 0 unspecified atom stereocenters. The summed E-state index contributed by atoms with van der Waals surface area (Å²) in [6, 6.07) is 17.0. The lowest BCUT2D eigenvalue weighted by atomic mass is 10.1. The molecule has 0 aliphatic rings. The first-order valence-electron chi connectivity index (χ1n) is 7.55. The highest BCUT2D eigenvalue weighted by Gasteiger charge is 2.09. The zero-order valence-electron chi connectivity index (χ0n) is 12.8. The third kappa shape index (κ3) is 2.52. The molecular formula is C19H16FN3. The van der Waals surface area contributed by atoms with Crippen molar-refractivity contribution in [3.05, 3.63) is 78.0 Å². The van der Waals surface area contributed by atoms with Gasteiger partial charge >= 0.3 is 0 Å². The fourth-order valence-electron chi connectivity index (χ4n) is 2.91. The molecule has 0 saturated carbocycles. The van der Waals surface area contributed by atoms with Gasteiger partial charge in [0, 0.05) is 17.9 Å². The van der Waals surface area contributed by atoms with E-state index < -0.39 is 0 Å². The van der Waals surface area contributed by atoms with E-state index in [4.69, 9.17) is 0 Å². The van der Waals surface area contributed by atoms with Crippen LogP contribution >= 0.6 is 0 Å². The Bertz CT molecular complexity index is 964. The van der Waals surface area contributed by atoms with Crippen molar-refractivity contribution < 1.29 is 4.39 Å². The van der Waals surface area contributed by atoms with Gasteiger partial charge in [-0.3, -0.25) is 0 Å². The maximum absolute atomic E-state index is 13.2. The lowest BCUT2D eigenvalue weighted by Gasteiger charge is -2.12. The van der Waals surface area contributed by atoms with Gasteiger partial charge in [-0.15, -0.1) is 0 Å². The van der Waals surface area contributed by atoms with Crippen LogP contribution in [0.15, 0.2) is 60.9 Å². The number of benzene rings is 2. The van der Waals surface area contributed by atoms with Crippen molar-refractivity contribution >= 4 is 11.0 Å². The summed E-state index contributed by atoms with van der Waals surface area (Å²) in [5.41, 5.74) is 6.47. The molecule has 0 saturated heterocycles. The maximum atomic E-state index is 13.2. The number of aromatic amines is 1. The maximum Gasteiger partial charge on any atom is 0.123 e. The molecule has 3 nitrogen and oxygen atoms in total. The minimum atomic E-state index is -0.215. The molecule has 23 heavy (non-hydrogen) atoms. The Kier molecular flexibility index (Phi) is 3.23. The number of nitrogens with zero attached hydrogens (tertiary/aromatic N) is 2. The third-order valence-electron chi connectivity index (χ3n) is 4.17. The first kappa shape index (κ1) is 13.8. The van der Waals surface area contributed by atoms with E-state index in [0.717, 1.165) is 28.8 Å². The van der Waals surface area contributed by atoms with Gasteiger partial charge in [-0.1, -0.05) is 6.07 Å². The van der Waals surface area contributed by atoms with E-state index in [2.05, 4.69) is 45.7 Å². The van der Waals surface area contributed by atoms with E-state index in [0.29, 0.717) is 0 Å². The molecule has 114 valence electrons. The summed E-state index contributed by atoms with van der Waals surface area (Å²) in [5.74, 6) is -0.215. The van der Waals surface area contributed by atoms with Crippen molar-refractivity contribution in [2.45, 2.75) is 13.5 Å². The zero-order valence-corrected chi connectivity index (χ0v) is 12.8. The second kappa shape index (κ2) is 5.39. The monoisotopic (exact) mass is 305 g/mol. The predicted molar refractivity (Wildman–Crippen MR) is 89.8 cm³/mol. The van der Waals surface area contributed by atoms with Crippen molar-refractivity contribution in [2.24, 2.45) is 0 Å². The summed E-state index contributed by atoms with van der Waals surface area (Å²) >= 11 is 0. The fraction of sp³-hybridized carbons (Fsp3) is 0.105. The van der Waals surface area contributed by atoms with Crippen LogP contribution in [-0.4, -0.2) is 14.5 Å². The number of nitrogens with one attached hydrogen (secondary N) is 1. The van der Waals surface area contributed by atoms with Crippen LogP contribution in [0.1, 0.15) is 11.3 Å². The molecular weight excluding hydrogens is 289 g/mol. The van der Waals surface area contributed by atoms with E-state index in [1.165, 1.54) is 23.4 Å². The van der Waals surface area contributed by atoms with Crippen molar-refractivity contribution in [3.8, 4) is 11.3 Å². The minimum absolute atomic E-state index is 0.215. The molecule has 0 spiro atoms. The molecule has 0 atom stereocenters. The van der Waals surface area contributed by atoms with Gasteiger partial charge in [0.2, 0.25) is 0 Å². The van der Waals surface area contributed by atoms with Crippen LogP contribution in [-0.2, 0) is 6.54 Å². The number of fused-ring (bicyclic) bond motifs is 1. The van der Waals surface area contributed by atoms with E-state index >= 15 is 0 Å². The first-order valence-corrected chi connectivity index (χ1v) is 7.55. The number of hydrogen-bond acceptors (Lipinski definition) is 1. The smallest absolute Gasteiger partial charge is 0.123 e. The molecule has 0 aliphatic carbocycles. The number of H-pyrrole nitrogens is 1. The second-order valence-electron chi connectivity index (χ2n) is 5.71. The first-order chi connectivity index (χ1) is 11.2. The Morgan fingerprint density at radius 1 is 1.04 bits per heavy atom. The Balaban J connectivity index is 1.73. The quantitative estimate of drug-likeness (QED) is 0.593. The van der Waals surface area contributed by atoms with Crippen LogP contribution in [0, 0.1) is 12.7 Å². The molecule has 1 N–H and O–H groups in total. The lowest BCUT2D eigenvalue weighted by molar-refractivity contribution is 0.628. The molecule has 2 aromatic carbocycles. The van der Waals surface area contributed by atoms with Gasteiger partial charge in [0.1, 0.15) is 5.82 Å². The van der Waals surface area contributed by atoms with Crippen LogP contribution < -0.4 is 0 Å². The number of hydrogen-bond donors (Lipinski definition) is 1. The fourth-order valence-corrected chi connectivity index (χ4v) is 2.91. The van der Waals surface area contributed by atoms with Crippen molar-refractivity contribution in [1.29, 1.82) is 0 Å².